The van der Waals surface area contributed by atoms with E-state index < -0.39 is 6.29 Å². The van der Waals surface area contributed by atoms with Crippen LogP contribution in [0.2, 0.25) is 0 Å². The van der Waals surface area contributed by atoms with Crippen molar-refractivity contribution in [2.24, 2.45) is 0 Å². The van der Waals surface area contributed by atoms with Crippen molar-refractivity contribution in [3.63, 3.8) is 0 Å². The third-order valence-electron chi connectivity index (χ3n) is 3.77. The second-order valence-electron chi connectivity index (χ2n) is 5.69. The molecule has 1 saturated heterocycles. The summed E-state index contributed by atoms with van der Waals surface area (Å²) in [5, 5.41) is 9.16. The van der Waals surface area contributed by atoms with Crippen molar-refractivity contribution >= 4 is 0 Å². The molecule has 1 fully saturated rings. The van der Waals surface area contributed by atoms with Gasteiger partial charge >= 0.3 is 0 Å². The molecule has 0 bridgehead atoms. The topological polar surface area (TPSA) is 60.5 Å². The molecular formula is C18H28O5. The molecule has 2 rings (SSSR count). The van der Waals surface area contributed by atoms with E-state index in [0.717, 1.165) is 24.8 Å². The van der Waals surface area contributed by atoms with Gasteiger partial charge in [0.1, 0.15) is 6.10 Å². The lowest BCUT2D eigenvalue weighted by Crippen LogP contribution is -2.22. The Morgan fingerprint density at radius 2 is 1.96 bits per heavy atom. The van der Waals surface area contributed by atoms with Crippen LogP contribution in [0.1, 0.15) is 31.7 Å². The fourth-order valence-electron chi connectivity index (χ4n) is 2.41. The zero-order valence-corrected chi connectivity index (χ0v) is 13.9. The SMILES string of the molecule is CCOCCOC(CCC[C@@H]1OC1O)COCc1ccccc1. The van der Waals surface area contributed by atoms with Gasteiger partial charge in [-0.3, -0.25) is 0 Å². The van der Waals surface area contributed by atoms with E-state index in [1.54, 1.807) is 0 Å². The quantitative estimate of drug-likeness (QED) is 0.446. The lowest BCUT2D eigenvalue weighted by atomic mass is 10.1. The van der Waals surface area contributed by atoms with Gasteiger partial charge in [-0.15, -0.1) is 0 Å². The molecule has 130 valence electrons. The van der Waals surface area contributed by atoms with E-state index in [4.69, 9.17) is 24.1 Å². The van der Waals surface area contributed by atoms with Gasteiger partial charge in [0, 0.05) is 6.61 Å². The standard InChI is InChI=1S/C18H28O5/c1-2-20-11-12-22-16(9-6-10-17-18(19)23-17)14-21-13-15-7-4-3-5-8-15/h3-5,7-8,16-19H,2,6,9-14H2,1H3/t16?,17-,18?/m0/s1. The van der Waals surface area contributed by atoms with Gasteiger partial charge in [-0.1, -0.05) is 30.3 Å². The van der Waals surface area contributed by atoms with Gasteiger partial charge in [-0.2, -0.15) is 0 Å². The van der Waals surface area contributed by atoms with Crippen LogP contribution in [0, 0.1) is 0 Å². The molecule has 0 spiro atoms. The van der Waals surface area contributed by atoms with Crippen LogP contribution in [0.3, 0.4) is 0 Å². The Kier molecular flexibility index (Phi) is 8.57. The van der Waals surface area contributed by atoms with Crippen LogP contribution in [-0.4, -0.2) is 50.0 Å². The molecular weight excluding hydrogens is 296 g/mol. The Morgan fingerprint density at radius 3 is 2.65 bits per heavy atom. The molecule has 23 heavy (non-hydrogen) atoms. The van der Waals surface area contributed by atoms with Crippen molar-refractivity contribution in [1.29, 1.82) is 0 Å². The highest BCUT2D eigenvalue weighted by Crippen LogP contribution is 2.25. The lowest BCUT2D eigenvalue weighted by molar-refractivity contribution is -0.0447. The summed E-state index contributed by atoms with van der Waals surface area (Å²) in [6, 6.07) is 10.1. The van der Waals surface area contributed by atoms with E-state index in [1.165, 1.54) is 0 Å². The summed E-state index contributed by atoms with van der Waals surface area (Å²) in [7, 11) is 0. The zero-order chi connectivity index (χ0) is 16.3. The van der Waals surface area contributed by atoms with Crippen molar-refractivity contribution in [3.05, 3.63) is 35.9 Å². The Bertz CT molecular complexity index is 411. The fourth-order valence-corrected chi connectivity index (χ4v) is 2.41. The molecule has 0 amide bonds. The molecule has 1 aromatic rings. The first-order chi connectivity index (χ1) is 11.3. The number of benzene rings is 1. The normalized spacial score (nSPS) is 21.3. The van der Waals surface area contributed by atoms with E-state index in [0.29, 0.717) is 33.0 Å². The first-order valence-electron chi connectivity index (χ1n) is 8.44. The van der Waals surface area contributed by atoms with E-state index >= 15 is 0 Å². The minimum atomic E-state index is -0.554. The zero-order valence-electron chi connectivity index (χ0n) is 13.9. The highest BCUT2D eigenvalue weighted by molar-refractivity contribution is 5.13. The van der Waals surface area contributed by atoms with Crippen LogP contribution in [0.4, 0.5) is 0 Å². The first-order valence-corrected chi connectivity index (χ1v) is 8.44. The van der Waals surface area contributed by atoms with Crippen LogP contribution in [-0.2, 0) is 25.6 Å². The van der Waals surface area contributed by atoms with Crippen LogP contribution >= 0.6 is 0 Å². The first kappa shape index (κ1) is 18.4. The molecule has 5 heteroatoms. The Labute approximate surface area is 138 Å². The predicted molar refractivity (Wildman–Crippen MR) is 87.1 cm³/mol. The Hall–Kier alpha value is -0.980. The molecule has 1 aromatic carbocycles. The molecule has 1 aliphatic rings. The number of aliphatic hydroxyl groups excluding tert-OH is 1. The molecule has 1 N–H and O–H groups in total. The van der Waals surface area contributed by atoms with Gasteiger partial charge in [0.25, 0.3) is 0 Å². The number of ether oxygens (including phenoxy) is 4. The average molecular weight is 324 g/mol. The maximum Gasteiger partial charge on any atom is 0.181 e. The number of rotatable bonds is 13. The highest BCUT2D eigenvalue weighted by atomic mass is 16.7. The number of epoxide rings is 1. The number of hydrogen-bond acceptors (Lipinski definition) is 5. The van der Waals surface area contributed by atoms with Crippen molar-refractivity contribution in [2.75, 3.05) is 26.4 Å². The molecule has 0 saturated carbocycles. The molecule has 1 aliphatic heterocycles. The number of hydrogen-bond donors (Lipinski definition) is 1. The molecule has 0 aliphatic carbocycles. The molecule has 2 unspecified atom stereocenters. The Balaban J connectivity index is 1.63. The summed E-state index contributed by atoms with van der Waals surface area (Å²) < 4.78 is 22.0. The third-order valence-corrected chi connectivity index (χ3v) is 3.77. The monoisotopic (exact) mass is 324 g/mol. The molecule has 0 aromatic heterocycles. The van der Waals surface area contributed by atoms with Gasteiger partial charge in [-0.05, 0) is 31.7 Å². The summed E-state index contributed by atoms with van der Waals surface area (Å²) in [4.78, 5) is 0. The number of aliphatic hydroxyl groups is 1. The van der Waals surface area contributed by atoms with Crippen molar-refractivity contribution < 1.29 is 24.1 Å². The van der Waals surface area contributed by atoms with Gasteiger partial charge in [0.15, 0.2) is 6.29 Å². The fraction of sp³-hybridized carbons (Fsp3) is 0.667. The average Bonchev–Trinajstić information content (AvgIpc) is 3.27. The van der Waals surface area contributed by atoms with E-state index in [9.17, 15) is 0 Å². The molecule has 1 heterocycles. The van der Waals surface area contributed by atoms with Crippen LogP contribution in [0.5, 0.6) is 0 Å². The van der Waals surface area contributed by atoms with Crippen molar-refractivity contribution in [2.45, 2.75) is 51.3 Å². The largest absolute Gasteiger partial charge is 0.379 e. The van der Waals surface area contributed by atoms with Crippen molar-refractivity contribution in [3.8, 4) is 0 Å². The highest BCUT2D eigenvalue weighted by Gasteiger charge is 2.36. The Morgan fingerprint density at radius 1 is 1.17 bits per heavy atom. The predicted octanol–water partition coefficient (Wildman–Crippen LogP) is 2.51. The van der Waals surface area contributed by atoms with Crippen LogP contribution in [0.25, 0.3) is 0 Å². The summed E-state index contributed by atoms with van der Waals surface area (Å²) in [5.74, 6) is 0. The summed E-state index contributed by atoms with van der Waals surface area (Å²) >= 11 is 0. The van der Waals surface area contributed by atoms with E-state index in [-0.39, 0.29) is 12.2 Å². The minimum absolute atomic E-state index is 0.0179. The minimum Gasteiger partial charge on any atom is -0.379 e. The molecule has 3 atom stereocenters. The van der Waals surface area contributed by atoms with E-state index in [2.05, 4.69) is 12.1 Å². The van der Waals surface area contributed by atoms with Crippen LogP contribution < -0.4 is 0 Å². The second kappa shape index (κ2) is 10.7. The molecule has 5 nitrogen and oxygen atoms in total. The van der Waals surface area contributed by atoms with Crippen LogP contribution in [0.15, 0.2) is 30.3 Å². The van der Waals surface area contributed by atoms with Gasteiger partial charge in [0.2, 0.25) is 0 Å². The van der Waals surface area contributed by atoms with E-state index in [1.807, 2.05) is 25.1 Å². The lowest BCUT2D eigenvalue weighted by Gasteiger charge is -2.18. The maximum absolute atomic E-state index is 9.16. The smallest absolute Gasteiger partial charge is 0.181 e. The molecule has 0 radical (unpaired) electrons. The second-order valence-corrected chi connectivity index (χ2v) is 5.69. The summed E-state index contributed by atoms with van der Waals surface area (Å²) in [5.41, 5.74) is 1.16. The van der Waals surface area contributed by atoms with Gasteiger partial charge < -0.3 is 24.1 Å². The summed E-state index contributed by atoms with van der Waals surface area (Å²) in [6.45, 7) is 5.02. The van der Waals surface area contributed by atoms with Gasteiger partial charge in [-0.25, -0.2) is 0 Å². The third kappa shape index (κ3) is 7.90. The maximum atomic E-state index is 9.16. The van der Waals surface area contributed by atoms with Crippen molar-refractivity contribution in [1.82, 2.24) is 0 Å². The summed E-state index contributed by atoms with van der Waals surface area (Å²) in [6.07, 6.45) is 2.23. The van der Waals surface area contributed by atoms with Gasteiger partial charge in [0.05, 0.1) is 32.5 Å².